The molecule has 0 saturated carbocycles. The van der Waals surface area contributed by atoms with Gasteiger partial charge >= 0.3 is 0 Å². The lowest BCUT2D eigenvalue weighted by Gasteiger charge is -2.10. The molecule has 0 amide bonds. The van der Waals surface area contributed by atoms with E-state index in [1.807, 2.05) is 18.5 Å². The van der Waals surface area contributed by atoms with Gasteiger partial charge in [0.1, 0.15) is 0 Å². The maximum Gasteiger partial charge on any atom is 0.156 e. The van der Waals surface area contributed by atoms with Gasteiger partial charge in [0.25, 0.3) is 0 Å². The Bertz CT molecular complexity index is 474. The summed E-state index contributed by atoms with van der Waals surface area (Å²) in [6.07, 6.45) is 5.57. The summed E-state index contributed by atoms with van der Waals surface area (Å²) in [5, 5.41) is 7.57. The highest BCUT2D eigenvalue weighted by molar-refractivity contribution is 5.34. The fraction of sp³-hybridized carbons (Fsp3) is 0.385. The van der Waals surface area contributed by atoms with Crippen molar-refractivity contribution in [3.8, 4) is 5.82 Å². The first-order valence-electron chi connectivity index (χ1n) is 5.85. The topological polar surface area (TPSA) is 42.7 Å². The Kier molecular flexibility index (Phi) is 3.54. The van der Waals surface area contributed by atoms with Crippen LogP contribution in [0.3, 0.4) is 0 Å². The Morgan fingerprint density at radius 1 is 1.41 bits per heavy atom. The zero-order chi connectivity index (χ0) is 12.3. The van der Waals surface area contributed by atoms with Crippen molar-refractivity contribution in [3.63, 3.8) is 0 Å². The van der Waals surface area contributed by atoms with Crippen molar-refractivity contribution in [2.75, 3.05) is 0 Å². The molecule has 90 valence electrons. The summed E-state index contributed by atoms with van der Waals surface area (Å²) in [5.74, 6) is 0.892. The number of hydrogen-bond donors (Lipinski definition) is 1. The number of pyridine rings is 1. The monoisotopic (exact) mass is 230 g/mol. The zero-order valence-electron chi connectivity index (χ0n) is 10.5. The SMILES string of the molecule is Cc1cc(CNC(C)C)cnc1-n1cccn1. The maximum absolute atomic E-state index is 4.46. The number of hydrogen-bond acceptors (Lipinski definition) is 3. The molecule has 17 heavy (non-hydrogen) atoms. The van der Waals surface area contributed by atoms with Crippen LogP contribution >= 0.6 is 0 Å². The molecule has 0 aliphatic rings. The highest BCUT2D eigenvalue weighted by Gasteiger charge is 2.04. The van der Waals surface area contributed by atoms with Crippen molar-refractivity contribution in [1.29, 1.82) is 0 Å². The van der Waals surface area contributed by atoms with Crippen LogP contribution in [0.5, 0.6) is 0 Å². The maximum atomic E-state index is 4.46. The van der Waals surface area contributed by atoms with E-state index in [0.29, 0.717) is 6.04 Å². The molecule has 0 radical (unpaired) electrons. The second-order valence-electron chi connectivity index (χ2n) is 4.47. The number of nitrogens with one attached hydrogen (secondary N) is 1. The van der Waals surface area contributed by atoms with Crippen LogP contribution < -0.4 is 5.32 Å². The van der Waals surface area contributed by atoms with Crippen LogP contribution in [0, 0.1) is 6.92 Å². The molecule has 2 aromatic rings. The Morgan fingerprint density at radius 3 is 2.82 bits per heavy atom. The molecule has 0 atom stereocenters. The Balaban J connectivity index is 2.17. The Morgan fingerprint density at radius 2 is 2.24 bits per heavy atom. The lowest BCUT2D eigenvalue weighted by atomic mass is 10.2. The molecule has 0 bridgehead atoms. The molecule has 0 aromatic carbocycles. The van der Waals surface area contributed by atoms with Crippen molar-refractivity contribution >= 4 is 0 Å². The lowest BCUT2D eigenvalue weighted by Crippen LogP contribution is -2.22. The molecule has 1 N–H and O–H groups in total. The van der Waals surface area contributed by atoms with E-state index in [9.17, 15) is 0 Å². The second-order valence-corrected chi connectivity index (χ2v) is 4.47. The Hall–Kier alpha value is -1.68. The average molecular weight is 230 g/mol. The first-order valence-corrected chi connectivity index (χ1v) is 5.85. The minimum atomic E-state index is 0.487. The van der Waals surface area contributed by atoms with Crippen molar-refractivity contribution in [3.05, 3.63) is 41.9 Å². The van der Waals surface area contributed by atoms with Crippen LogP contribution in [0.25, 0.3) is 5.82 Å². The molecular weight excluding hydrogens is 212 g/mol. The molecule has 0 saturated heterocycles. The molecule has 4 nitrogen and oxygen atoms in total. The van der Waals surface area contributed by atoms with Gasteiger partial charge in [-0.3, -0.25) is 0 Å². The minimum Gasteiger partial charge on any atom is -0.310 e. The largest absolute Gasteiger partial charge is 0.310 e. The van der Waals surface area contributed by atoms with Crippen molar-refractivity contribution < 1.29 is 0 Å². The second kappa shape index (κ2) is 5.10. The van der Waals surface area contributed by atoms with E-state index in [2.05, 4.69) is 42.2 Å². The number of aryl methyl sites for hydroxylation is 1. The van der Waals surface area contributed by atoms with Crippen molar-refractivity contribution in [2.24, 2.45) is 0 Å². The quantitative estimate of drug-likeness (QED) is 0.874. The molecule has 0 fully saturated rings. The lowest BCUT2D eigenvalue weighted by molar-refractivity contribution is 0.587. The van der Waals surface area contributed by atoms with Gasteiger partial charge in [-0.1, -0.05) is 13.8 Å². The summed E-state index contributed by atoms with van der Waals surface area (Å²) in [6.45, 7) is 7.19. The summed E-state index contributed by atoms with van der Waals surface area (Å²) in [4.78, 5) is 4.46. The van der Waals surface area contributed by atoms with Crippen LogP contribution in [0.15, 0.2) is 30.7 Å². The third-order valence-corrected chi connectivity index (χ3v) is 2.54. The summed E-state index contributed by atoms with van der Waals surface area (Å²) >= 11 is 0. The average Bonchev–Trinajstić information content (AvgIpc) is 2.79. The summed E-state index contributed by atoms with van der Waals surface area (Å²) in [7, 11) is 0. The van der Waals surface area contributed by atoms with Crippen LogP contribution in [0.4, 0.5) is 0 Å². The highest BCUT2D eigenvalue weighted by atomic mass is 15.3. The fourth-order valence-electron chi connectivity index (χ4n) is 1.68. The van der Waals surface area contributed by atoms with Gasteiger partial charge < -0.3 is 5.32 Å². The van der Waals surface area contributed by atoms with Gasteiger partial charge in [0.2, 0.25) is 0 Å². The van der Waals surface area contributed by atoms with Gasteiger partial charge in [0.05, 0.1) is 0 Å². The van der Waals surface area contributed by atoms with Crippen molar-refractivity contribution in [2.45, 2.75) is 33.4 Å². The van der Waals surface area contributed by atoms with Gasteiger partial charge in [0, 0.05) is 31.2 Å². The van der Waals surface area contributed by atoms with E-state index in [4.69, 9.17) is 0 Å². The number of nitrogens with zero attached hydrogens (tertiary/aromatic N) is 3. The smallest absolute Gasteiger partial charge is 0.156 e. The van der Waals surface area contributed by atoms with Crippen LogP contribution in [0.1, 0.15) is 25.0 Å². The van der Waals surface area contributed by atoms with Gasteiger partial charge in [0.15, 0.2) is 5.82 Å². The number of aromatic nitrogens is 3. The van der Waals surface area contributed by atoms with Crippen LogP contribution in [0.2, 0.25) is 0 Å². The van der Waals surface area contributed by atoms with E-state index < -0.39 is 0 Å². The molecule has 0 spiro atoms. The molecule has 2 heterocycles. The third-order valence-electron chi connectivity index (χ3n) is 2.54. The van der Waals surface area contributed by atoms with Crippen LogP contribution in [-0.4, -0.2) is 20.8 Å². The fourth-order valence-corrected chi connectivity index (χ4v) is 1.68. The zero-order valence-corrected chi connectivity index (χ0v) is 10.5. The molecule has 0 aliphatic heterocycles. The highest BCUT2D eigenvalue weighted by Crippen LogP contribution is 2.11. The molecule has 4 heteroatoms. The summed E-state index contributed by atoms with van der Waals surface area (Å²) in [6, 6.07) is 4.54. The predicted molar refractivity (Wildman–Crippen MR) is 68.1 cm³/mol. The van der Waals surface area contributed by atoms with E-state index in [0.717, 1.165) is 17.9 Å². The van der Waals surface area contributed by atoms with Gasteiger partial charge in [-0.05, 0) is 30.2 Å². The molecule has 0 unspecified atom stereocenters. The van der Waals surface area contributed by atoms with E-state index >= 15 is 0 Å². The first kappa shape index (κ1) is 11.8. The number of rotatable bonds is 4. The first-order chi connectivity index (χ1) is 8.16. The minimum absolute atomic E-state index is 0.487. The molecular formula is C13H18N4. The third kappa shape index (κ3) is 2.91. The molecule has 0 aliphatic carbocycles. The molecule has 2 rings (SSSR count). The molecule has 2 aromatic heterocycles. The summed E-state index contributed by atoms with van der Waals surface area (Å²) in [5.41, 5.74) is 2.34. The standard InChI is InChI=1S/C13H18N4/c1-10(2)14-8-12-7-11(3)13(15-9-12)17-6-4-5-16-17/h4-7,9-10,14H,8H2,1-3H3. The summed E-state index contributed by atoms with van der Waals surface area (Å²) < 4.78 is 1.79. The van der Waals surface area contributed by atoms with Gasteiger partial charge in [-0.2, -0.15) is 5.10 Å². The van der Waals surface area contributed by atoms with Crippen molar-refractivity contribution in [1.82, 2.24) is 20.1 Å². The Labute approximate surface area is 102 Å². The van der Waals surface area contributed by atoms with Gasteiger partial charge in [-0.25, -0.2) is 9.67 Å². The normalized spacial score (nSPS) is 11.1. The van der Waals surface area contributed by atoms with E-state index in [1.165, 1.54) is 5.56 Å². The van der Waals surface area contributed by atoms with E-state index in [1.54, 1.807) is 10.9 Å². The van der Waals surface area contributed by atoms with Crippen LogP contribution in [-0.2, 0) is 6.54 Å². The van der Waals surface area contributed by atoms with Gasteiger partial charge in [-0.15, -0.1) is 0 Å². The van der Waals surface area contributed by atoms with E-state index in [-0.39, 0.29) is 0 Å². The predicted octanol–water partition coefficient (Wildman–Crippen LogP) is 2.07.